The Balaban J connectivity index is 1.89. The number of benzene rings is 1. The molecule has 4 heteroatoms. The van der Waals surface area contributed by atoms with Gasteiger partial charge in [0.2, 0.25) is 10.0 Å². The smallest absolute Gasteiger partial charge is 0.207 e. The van der Waals surface area contributed by atoms with Gasteiger partial charge in [0.1, 0.15) is 0 Å². The molecule has 1 saturated heterocycles. The molecule has 3 rings (SSSR count). The van der Waals surface area contributed by atoms with E-state index in [1.165, 1.54) is 5.57 Å². The molecule has 106 valence electrons. The van der Waals surface area contributed by atoms with Gasteiger partial charge in [0.25, 0.3) is 0 Å². The molecule has 2 atom stereocenters. The number of hydrogen-bond acceptors (Lipinski definition) is 2. The molecule has 0 bridgehead atoms. The molecule has 1 aromatic rings. The first-order valence-corrected chi connectivity index (χ1v) is 8.36. The molecule has 0 amide bonds. The highest BCUT2D eigenvalue weighted by atomic mass is 32.2. The first kappa shape index (κ1) is 13.6. The fourth-order valence-electron chi connectivity index (χ4n) is 2.83. The molecule has 1 heterocycles. The van der Waals surface area contributed by atoms with Crippen molar-refractivity contribution in [3.8, 4) is 0 Å². The molecule has 1 aromatic carbocycles. The van der Waals surface area contributed by atoms with E-state index >= 15 is 0 Å². The fraction of sp³-hybridized carbons (Fsp3) is 0.375. The summed E-state index contributed by atoms with van der Waals surface area (Å²) in [7, 11) is -3.37. The number of allylic oxidation sites excluding steroid dienone is 2. The lowest BCUT2D eigenvalue weighted by atomic mass is 9.92. The number of rotatable bonds is 2. The molecule has 0 radical (unpaired) electrons. The van der Waals surface area contributed by atoms with Crippen molar-refractivity contribution in [3.63, 3.8) is 0 Å². The average Bonchev–Trinajstić information content (AvgIpc) is 2.83. The van der Waals surface area contributed by atoms with Gasteiger partial charge in [0, 0.05) is 19.0 Å². The van der Waals surface area contributed by atoms with E-state index in [2.05, 4.69) is 25.2 Å². The molecule has 0 aromatic heterocycles. The molecule has 20 heavy (non-hydrogen) atoms. The summed E-state index contributed by atoms with van der Waals surface area (Å²) >= 11 is 0. The van der Waals surface area contributed by atoms with Crippen molar-refractivity contribution in [1.29, 1.82) is 0 Å². The second-order valence-electron chi connectivity index (χ2n) is 5.70. The van der Waals surface area contributed by atoms with Crippen molar-refractivity contribution in [2.45, 2.75) is 18.7 Å². The number of fused-ring (bicyclic) bond motifs is 1. The number of nitrogens with zero attached hydrogens (tertiary/aromatic N) is 1. The van der Waals surface area contributed by atoms with Gasteiger partial charge in [-0.25, -0.2) is 8.42 Å². The third kappa shape index (κ3) is 2.34. The summed E-state index contributed by atoms with van der Waals surface area (Å²) < 4.78 is 26.9. The summed E-state index contributed by atoms with van der Waals surface area (Å²) in [5.74, 6) is 0.662. The highest BCUT2D eigenvalue weighted by Gasteiger charge is 2.35. The third-order valence-electron chi connectivity index (χ3n) is 4.02. The first-order valence-electron chi connectivity index (χ1n) is 6.92. The Kier molecular flexibility index (Phi) is 3.30. The van der Waals surface area contributed by atoms with Gasteiger partial charge < -0.3 is 0 Å². The van der Waals surface area contributed by atoms with Crippen molar-refractivity contribution in [2.24, 2.45) is 11.8 Å². The second kappa shape index (κ2) is 4.86. The van der Waals surface area contributed by atoms with Crippen LogP contribution in [-0.2, 0) is 10.0 Å². The van der Waals surface area contributed by atoms with Gasteiger partial charge in [-0.15, -0.1) is 0 Å². The molecule has 0 unspecified atom stereocenters. The van der Waals surface area contributed by atoms with E-state index in [0.717, 1.165) is 5.56 Å². The Morgan fingerprint density at radius 2 is 1.85 bits per heavy atom. The van der Waals surface area contributed by atoms with Crippen LogP contribution in [0.3, 0.4) is 0 Å². The van der Waals surface area contributed by atoms with Gasteiger partial charge in [0.05, 0.1) is 4.90 Å². The van der Waals surface area contributed by atoms with Gasteiger partial charge in [-0.3, -0.25) is 0 Å². The Morgan fingerprint density at radius 3 is 2.55 bits per heavy atom. The first-order chi connectivity index (χ1) is 9.46. The minimum Gasteiger partial charge on any atom is -0.207 e. The van der Waals surface area contributed by atoms with Crippen molar-refractivity contribution in [3.05, 3.63) is 53.6 Å². The summed E-state index contributed by atoms with van der Waals surface area (Å²) in [4.78, 5) is 0.388. The van der Waals surface area contributed by atoms with Gasteiger partial charge in [-0.05, 0) is 25.0 Å². The standard InChI is InChI=1S/C16H19NO2S/c1-12-4-7-16(8-5-12)20(18,19)17-10-14-6-3-13(2)9-15(14)11-17/h3-9,13-14H,10-11H2,1-2H3/t13-,14-/m0/s1. The topological polar surface area (TPSA) is 37.4 Å². The van der Waals surface area contributed by atoms with Crippen molar-refractivity contribution < 1.29 is 8.42 Å². The maximum Gasteiger partial charge on any atom is 0.243 e. The zero-order valence-electron chi connectivity index (χ0n) is 11.8. The molecule has 1 aliphatic carbocycles. The Morgan fingerprint density at radius 1 is 1.15 bits per heavy atom. The van der Waals surface area contributed by atoms with E-state index in [-0.39, 0.29) is 5.92 Å². The maximum absolute atomic E-state index is 12.6. The predicted octanol–water partition coefficient (Wildman–Crippen LogP) is 2.75. The third-order valence-corrected chi connectivity index (χ3v) is 5.84. The lowest BCUT2D eigenvalue weighted by Gasteiger charge is -2.15. The van der Waals surface area contributed by atoms with Crippen molar-refractivity contribution >= 4 is 10.0 Å². The largest absolute Gasteiger partial charge is 0.243 e. The molecule has 0 N–H and O–H groups in total. The Bertz CT molecular complexity index is 671. The van der Waals surface area contributed by atoms with Crippen LogP contribution in [0.25, 0.3) is 0 Å². The SMILES string of the molecule is Cc1ccc(S(=O)(=O)N2CC3=C[C@@H](C)C=C[C@H]3C2)cc1. The molecule has 1 aliphatic heterocycles. The van der Waals surface area contributed by atoms with Crippen LogP contribution < -0.4 is 0 Å². The van der Waals surface area contributed by atoms with Gasteiger partial charge in [-0.2, -0.15) is 4.31 Å². The molecule has 3 nitrogen and oxygen atoms in total. The van der Waals surface area contributed by atoms with Crippen molar-refractivity contribution in [2.75, 3.05) is 13.1 Å². The van der Waals surface area contributed by atoms with E-state index in [4.69, 9.17) is 0 Å². The van der Waals surface area contributed by atoms with Crippen LogP contribution in [0.2, 0.25) is 0 Å². The van der Waals surface area contributed by atoms with Gasteiger partial charge >= 0.3 is 0 Å². The molecule has 0 saturated carbocycles. The molecular formula is C16H19NO2S. The van der Waals surface area contributed by atoms with E-state index in [1.807, 2.05) is 19.1 Å². The Labute approximate surface area is 120 Å². The predicted molar refractivity (Wildman–Crippen MR) is 79.8 cm³/mol. The highest BCUT2D eigenvalue weighted by molar-refractivity contribution is 7.89. The Hall–Kier alpha value is -1.39. The van der Waals surface area contributed by atoms with E-state index in [0.29, 0.717) is 23.9 Å². The van der Waals surface area contributed by atoms with Crippen LogP contribution in [0.4, 0.5) is 0 Å². The second-order valence-corrected chi connectivity index (χ2v) is 7.64. The van der Waals surface area contributed by atoms with E-state index in [9.17, 15) is 8.42 Å². The molecule has 1 fully saturated rings. The highest BCUT2D eigenvalue weighted by Crippen LogP contribution is 2.32. The minimum absolute atomic E-state index is 0.256. The molecule has 0 spiro atoms. The summed E-state index contributed by atoms with van der Waals surface area (Å²) in [5.41, 5.74) is 2.30. The molecular weight excluding hydrogens is 270 g/mol. The van der Waals surface area contributed by atoms with Crippen LogP contribution in [0, 0.1) is 18.8 Å². The molecule has 2 aliphatic rings. The fourth-order valence-corrected chi connectivity index (χ4v) is 4.28. The van der Waals surface area contributed by atoms with Crippen molar-refractivity contribution in [1.82, 2.24) is 4.31 Å². The summed E-state index contributed by atoms with van der Waals surface area (Å²) in [6.45, 7) is 5.16. The van der Waals surface area contributed by atoms with E-state index in [1.54, 1.807) is 16.4 Å². The van der Waals surface area contributed by atoms with Crippen LogP contribution in [0.5, 0.6) is 0 Å². The average molecular weight is 289 g/mol. The minimum atomic E-state index is -3.37. The van der Waals surface area contributed by atoms with E-state index < -0.39 is 10.0 Å². The van der Waals surface area contributed by atoms with Crippen LogP contribution in [0.15, 0.2) is 53.0 Å². The number of hydrogen-bond donors (Lipinski definition) is 0. The van der Waals surface area contributed by atoms with Crippen LogP contribution in [0.1, 0.15) is 12.5 Å². The summed E-state index contributed by atoms with van der Waals surface area (Å²) in [5, 5.41) is 0. The lowest BCUT2D eigenvalue weighted by molar-refractivity contribution is 0.471. The number of aryl methyl sites for hydroxylation is 1. The van der Waals surface area contributed by atoms with Crippen LogP contribution in [-0.4, -0.2) is 25.8 Å². The normalized spacial score (nSPS) is 26.4. The number of sulfonamides is 1. The maximum atomic E-state index is 12.6. The summed E-state index contributed by atoms with van der Waals surface area (Å²) in [6.07, 6.45) is 6.48. The lowest BCUT2D eigenvalue weighted by Crippen LogP contribution is -2.28. The zero-order chi connectivity index (χ0) is 14.3. The summed E-state index contributed by atoms with van der Waals surface area (Å²) in [6, 6.07) is 7.08. The quantitative estimate of drug-likeness (QED) is 0.785. The van der Waals surface area contributed by atoms with Crippen LogP contribution >= 0.6 is 0 Å². The zero-order valence-corrected chi connectivity index (χ0v) is 12.6. The van der Waals surface area contributed by atoms with Gasteiger partial charge in [0.15, 0.2) is 0 Å². The monoisotopic (exact) mass is 289 g/mol. The van der Waals surface area contributed by atoms with Gasteiger partial charge in [-0.1, -0.05) is 48.4 Å².